The number of rotatable bonds is 5. The van der Waals surface area contributed by atoms with Gasteiger partial charge in [0.25, 0.3) is 5.91 Å². The Hall–Kier alpha value is -2.81. The summed E-state index contributed by atoms with van der Waals surface area (Å²) in [5.41, 5.74) is -1.11. The van der Waals surface area contributed by atoms with E-state index >= 15 is 0 Å². The summed E-state index contributed by atoms with van der Waals surface area (Å²) in [6.45, 7) is 3.76. The number of benzene rings is 1. The molecule has 1 amide bonds. The number of hydrogen-bond donors (Lipinski definition) is 1. The third kappa shape index (κ3) is 3.82. The number of oxime groups is 1. The van der Waals surface area contributed by atoms with E-state index in [0.29, 0.717) is 0 Å². The summed E-state index contributed by atoms with van der Waals surface area (Å²) in [6, 6.07) is 2.53. The predicted octanol–water partition coefficient (Wildman–Crippen LogP) is 1.46. The number of hydrogen-bond acceptors (Lipinski definition) is 6. The molecule has 3 rings (SSSR count). The van der Waals surface area contributed by atoms with E-state index in [1.165, 1.54) is 13.2 Å². The second-order valence-electron chi connectivity index (χ2n) is 6.31. The zero-order valence-corrected chi connectivity index (χ0v) is 14.5. The average Bonchev–Trinajstić information content (AvgIpc) is 3.28. The Labute approximate surface area is 154 Å². The Morgan fingerprint density at radius 3 is 2.70 bits per heavy atom. The lowest BCUT2D eigenvalue weighted by molar-refractivity contribution is -0.151. The van der Waals surface area contributed by atoms with Gasteiger partial charge >= 0.3 is 5.97 Å². The van der Waals surface area contributed by atoms with Gasteiger partial charge in [-0.1, -0.05) is 11.7 Å². The van der Waals surface area contributed by atoms with Crippen LogP contribution in [-0.2, 0) is 23.9 Å². The van der Waals surface area contributed by atoms with Gasteiger partial charge in [0.15, 0.2) is 6.10 Å². The van der Waals surface area contributed by atoms with Gasteiger partial charge in [-0.3, -0.25) is 4.79 Å². The van der Waals surface area contributed by atoms with Gasteiger partial charge in [0.2, 0.25) is 5.60 Å². The molecule has 2 aliphatic rings. The molecule has 7 nitrogen and oxygen atoms in total. The van der Waals surface area contributed by atoms with E-state index in [-0.39, 0.29) is 30.7 Å². The number of nitrogens with zero attached hydrogens (tertiary/aromatic N) is 1. The van der Waals surface area contributed by atoms with Crippen molar-refractivity contribution in [2.75, 3.05) is 13.7 Å². The molecular weight excluding hydrogens is 362 g/mol. The van der Waals surface area contributed by atoms with Crippen molar-refractivity contribution < 1.29 is 32.7 Å². The van der Waals surface area contributed by atoms with Crippen molar-refractivity contribution in [2.45, 2.75) is 30.6 Å². The molecule has 1 aromatic carbocycles. The van der Waals surface area contributed by atoms with Crippen LogP contribution in [0.5, 0.6) is 0 Å². The third-order valence-electron chi connectivity index (χ3n) is 4.46. The van der Waals surface area contributed by atoms with Crippen LogP contribution in [0.15, 0.2) is 36.0 Å². The van der Waals surface area contributed by atoms with E-state index in [1.54, 1.807) is 0 Å². The van der Waals surface area contributed by atoms with Gasteiger partial charge in [-0.2, -0.15) is 0 Å². The fourth-order valence-electron chi connectivity index (χ4n) is 2.98. The molecule has 1 aromatic rings. The van der Waals surface area contributed by atoms with Gasteiger partial charge in [-0.05, 0) is 18.2 Å². The molecule has 1 N–H and O–H groups in total. The van der Waals surface area contributed by atoms with Crippen molar-refractivity contribution in [3.05, 3.63) is 48.1 Å². The Balaban J connectivity index is 1.67. The highest BCUT2D eigenvalue weighted by Crippen LogP contribution is 2.29. The smallest absolute Gasteiger partial charge is 0.335 e. The largest absolute Gasteiger partial charge is 0.467 e. The Morgan fingerprint density at radius 2 is 2.07 bits per heavy atom. The summed E-state index contributed by atoms with van der Waals surface area (Å²) in [5, 5.41) is 6.54. The van der Waals surface area contributed by atoms with Crippen LogP contribution in [0, 0.1) is 11.6 Å². The SMILES string of the molecule is C=C[C@@]1(C(=O)NC2COC(C(=O)OC)C2)CC(c2cc(F)cc(F)c2)=NO1. The molecule has 9 heteroatoms. The molecule has 2 aliphatic heterocycles. The lowest BCUT2D eigenvalue weighted by Crippen LogP contribution is -2.49. The summed E-state index contributed by atoms with van der Waals surface area (Å²) in [4.78, 5) is 29.5. The highest BCUT2D eigenvalue weighted by molar-refractivity contribution is 6.06. The van der Waals surface area contributed by atoms with Gasteiger partial charge in [-0.15, -0.1) is 0 Å². The third-order valence-corrected chi connectivity index (χ3v) is 4.46. The van der Waals surface area contributed by atoms with E-state index in [4.69, 9.17) is 9.57 Å². The molecule has 144 valence electrons. The highest BCUT2D eigenvalue weighted by Gasteiger charge is 2.46. The lowest BCUT2D eigenvalue weighted by Gasteiger charge is -2.23. The number of nitrogens with one attached hydrogen (secondary N) is 1. The minimum atomic E-state index is -1.51. The maximum atomic E-state index is 13.4. The molecular formula is C18H18F2N2O5. The molecule has 0 radical (unpaired) electrons. The van der Waals surface area contributed by atoms with Gasteiger partial charge in [0.05, 0.1) is 25.5 Å². The Morgan fingerprint density at radius 1 is 1.37 bits per heavy atom. The van der Waals surface area contributed by atoms with E-state index < -0.39 is 41.3 Å². The Kier molecular flexibility index (Phi) is 5.22. The monoisotopic (exact) mass is 380 g/mol. The van der Waals surface area contributed by atoms with Crippen LogP contribution in [-0.4, -0.2) is 49.1 Å². The van der Waals surface area contributed by atoms with Gasteiger partial charge < -0.3 is 19.6 Å². The molecule has 2 heterocycles. The highest BCUT2D eigenvalue weighted by atomic mass is 19.1. The molecule has 27 heavy (non-hydrogen) atoms. The number of carbonyl (C=O) groups excluding carboxylic acids is 2. The van der Waals surface area contributed by atoms with E-state index in [2.05, 4.69) is 21.8 Å². The second kappa shape index (κ2) is 7.43. The Bertz CT molecular complexity index is 793. The number of halogens is 2. The second-order valence-corrected chi connectivity index (χ2v) is 6.31. The number of carbonyl (C=O) groups is 2. The zero-order chi connectivity index (χ0) is 19.6. The molecule has 1 saturated heterocycles. The normalized spacial score (nSPS) is 26.9. The first kappa shape index (κ1) is 19.0. The molecule has 0 bridgehead atoms. The summed E-state index contributed by atoms with van der Waals surface area (Å²) >= 11 is 0. The van der Waals surface area contributed by atoms with Crippen molar-refractivity contribution in [1.82, 2.24) is 5.32 Å². The van der Waals surface area contributed by atoms with Crippen molar-refractivity contribution >= 4 is 17.6 Å². The number of methoxy groups -OCH3 is 1. The van der Waals surface area contributed by atoms with E-state index in [9.17, 15) is 18.4 Å². The first-order chi connectivity index (χ1) is 12.9. The van der Waals surface area contributed by atoms with Crippen LogP contribution in [0.3, 0.4) is 0 Å². The first-order valence-electron chi connectivity index (χ1n) is 8.22. The summed E-state index contributed by atoms with van der Waals surface area (Å²) < 4.78 is 36.8. The van der Waals surface area contributed by atoms with Crippen LogP contribution in [0.25, 0.3) is 0 Å². The molecule has 3 atom stereocenters. The minimum Gasteiger partial charge on any atom is -0.467 e. The molecule has 0 saturated carbocycles. The van der Waals surface area contributed by atoms with E-state index in [1.807, 2.05) is 0 Å². The predicted molar refractivity (Wildman–Crippen MR) is 89.8 cm³/mol. The molecule has 0 spiro atoms. The molecule has 0 aromatic heterocycles. The number of ether oxygens (including phenoxy) is 2. The van der Waals surface area contributed by atoms with Gasteiger partial charge in [0, 0.05) is 24.5 Å². The maximum absolute atomic E-state index is 13.4. The number of amides is 1. The van der Waals surface area contributed by atoms with Crippen LogP contribution >= 0.6 is 0 Å². The van der Waals surface area contributed by atoms with Crippen molar-refractivity contribution in [2.24, 2.45) is 5.16 Å². The van der Waals surface area contributed by atoms with Crippen LogP contribution in [0.2, 0.25) is 0 Å². The summed E-state index contributed by atoms with van der Waals surface area (Å²) in [7, 11) is 1.25. The quantitative estimate of drug-likeness (QED) is 0.617. The molecule has 0 aliphatic carbocycles. The fraction of sp³-hybridized carbons (Fsp3) is 0.389. The topological polar surface area (TPSA) is 86.2 Å². The van der Waals surface area contributed by atoms with Crippen LogP contribution in [0.4, 0.5) is 8.78 Å². The van der Waals surface area contributed by atoms with Crippen LogP contribution < -0.4 is 5.32 Å². The molecule has 2 unspecified atom stereocenters. The minimum absolute atomic E-state index is 0.0424. The molecule has 1 fully saturated rings. The zero-order valence-electron chi connectivity index (χ0n) is 14.5. The first-order valence-corrected chi connectivity index (χ1v) is 8.22. The van der Waals surface area contributed by atoms with Gasteiger partial charge in [0.1, 0.15) is 11.6 Å². The van der Waals surface area contributed by atoms with Crippen molar-refractivity contribution in [3.63, 3.8) is 0 Å². The van der Waals surface area contributed by atoms with E-state index in [0.717, 1.165) is 18.2 Å². The maximum Gasteiger partial charge on any atom is 0.335 e. The van der Waals surface area contributed by atoms with Crippen molar-refractivity contribution in [1.29, 1.82) is 0 Å². The lowest BCUT2D eigenvalue weighted by atomic mass is 9.92. The van der Waals surface area contributed by atoms with Gasteiger partial charge in [-0.25, -0.2) is 13.6 Å². The van der Waals surface area contributed by atoms with Crippen molar-refractivity contribution in [3.8, 4) is 0 Å². The average molecular weight is 380 g/mol. The summed E-state index contributed by atoms with van der Waals surface area (Å²) in [5.74, 6) is -2.57. The summed E-state index contributed by atoms with van der Waals surface area (Å²) in [6.07, 6.45) is 0.752. The standard InChI is InChI=1S/C18H18F2N2O5/c1-3-18(17(24)21-13-7-15(26-9-13)16(23)25-2)8-14(22-27-18)10-4-11(19)6-12(20)5-10/h3-6,13,15H,1,7-9H2,2H3,(H,21,24)/t13?,15?,18-/m0/s1. The van der Waals surface area contributed by atoms with Crippen LogP contribution in [0.1, 0.15) is 18.4 Å². The fourth-order valence-corrected chi connectivity index (χ4v) is 2.98. The number of esters is 1.